The third kappa shape index (κ3) is 3.28. The van der Waals surface area contributed by atoms with Gasteiger partial charge in [-0.1, -0.05) is 0 Å². The smallest absolute Gasteiger partial charge is 0.238 e. The monoisotopic (exact) mass is 358 g/mol. The molecule has 2 aliphatic heterocycles. The van der Waals surface area contributed by atoms with E-state index in [0.717, 1.165) is 23.8 Å². The first kappa shape index (κ1) is 16.8. The molecule has 9 heteroatoms. The zero-order valence-corrected chi connectivity index (χ0v) is 15.2. The fourth-order valence-electron chi connectivity index (χ4n) is 3.79. The second kappa shape index (κ2) is 6.12. The number of nitrogens with one attached hydrogen (secondary N) is 1. The number of amides is 1. The second-order valence-electron chi connectivity index (χ2n) is 6.34. The SMILES string of the molecule is CNC(=O)[C@@H]1C[C@H]2CN(Cc3csc(C)n3)C[C@H]2N1S(C)(=O)=O. The average Bonchev–Trinajstić information content (AvgIpc) is 3.10. The molecule has 0 radical (unpaired) electrons. The summed E-state index contributed by atoms with van der Waals surface area (Å²) in [6, 6.07) is -0.694. The van der Waals surface area contributed by atoms with Crippen LogP contribution in [0.15, 0.2) is 5.38 Å². The summed E-state index contributed by atoms with van der Waals surface area (Å²) >= 11 is 1.62. The average molecular weight is 358 g/mol. The molecule has 0 bridgehead atoms. The lowest BCUT2D eigenvalue weighted by atomic mass is 10.0. The Balaban J connectivity index is 1.75. The zero-order chi connectivity index (χ0) is 16.8. The molecule has 0 saturated carbocycles. The van der Waals surface area contributed by atoms with Crippen LogP contribution in [0.1, 0.15) is 17.1 Å². The molecule has 0 spiro atoms. The number of likely N-dealkylation sites (tertiary alicyclic amines) is 1. The first-order valence-corrected chi connectivity index (χ1v) is 10.4. The molecule has 1 aromatic heterocycles. The summed E-state index contributed by atoms with van der Waals surface area (Å²) in [5.74, 6) is -0.0155. The Morgan fingerprint density at radius 2 is 2.22 bits per heavy atom. The number of carbonyl (C=O) groups is 1. The molecule has 0 aromatic carbocycles. The highest BCUT2D eigenvalue weighted by Crippen LogP contribution is 2.38. The van der Waals surface area contributed by atoms with Crippen molar-refractivity contribution >= 4 is 27.3 Å². The van der Waals surface area contributed by atoms with Gasteiger partial charge in [-0.2, -0.15) is 4.31 Å². The van der Waals surface area contributed by atoms with Gasteiger partial charge in [0.15, 0.2) is 0 Å². The first-order chi connectivity index (χ1) is 10.8. The fraction of sp³-hybridized carbons (Fsp3) is 0.714. The quantitative estimate of drug-likeness (QED) is 0.821. The van der Waals surface area contributed by atoms with Gasteiger partial charge in [0.2, 0.25) is 15.9 Å². The van der Waals surface area contributed by atoms with Crippen LogP contribution in [0.5, 0.6) is 0 Å². The molecule has 3 heterocycles. The van der Waals surface area contributed by atoms with Crippen molar-refractivity contribution in [1.82, 2.24) is 19.5 Å². The largest absolute Gasteiger partial charge is 0.358 e. The van der Waals surface area contributed by atoms with Gasteiger partial charge in [-0.25, -0.2) is 13.4 Å². The minimum atomic E-state index is -3.42. The number of thiazole rings is 1. The Morgan fingerprint density at radius 3 is 2.78 bits per heavy atom. The lowest BCUT2D eigenvalue weighted by molar-refractivity contribution is -0.124. The number of carbonyl (C=O) groups excluding carboxylic acids is 1. The molecule has 1 N–H and O–H groups in total. The van der Waals surface area contributed by atoms with Gasteiger partial charge >= 0.3 is 0 Å². The van der Waals surface area contributed by atoms with Gasteiger partial charge in [0, 0.05) is 38.1 Å². The van der Waals surface area contributed by atoms with Crippen LogP contribution < -0.4 is 5.32 Å². The Bertz CT molecular complexity index is 703. The molecule has 2 fully saturated rings. The number of sulfonamides is 1. The molecule has 2 saturated heterocycles. The summed E-state index contributed by atoms with van der Waals surface area (Å²) in [5, 5.41) is 5.67. The number of rotatable bonds is 4. The van der Waals surface area contributed by atoms with Crippen LogP contribution in [0.3, 0.4) is 0 Å². The van der Waals surface area contributed by atoms with Crippen LogP contribution in [0.4, 0.5) is 0 Å². The number of aryl methyl sites for hydroxylation is 1. The fourth-order valence-corrected chi connectivity index (χ4v) is 5.77. The van der Waals surface area contributed by atoms with E-state index in [1.807, 2.05) is 12.3 Å². The van der Waals surface area contributed by atoms with E-state index in [1.54, 1.807) is 18.4 Å². The maximum atomic E-state index is 12.2. The molecular weight excluding hydrogens is 336 g/mol. The molecule has 128 valence electrons. The van der Waals surface area contributed by atoms with Crippen molar-refractivity contribution < 1.29 is 13.2 Å². The van der Waals surface area contributed by atoms with Gasteiger partial charge in [-0.05, 0) is 19.3 Å². The molecule has 3 atom stereocenters. The number of aromatic nitrogens is 1. The summed E-state index contributed by atoms with van der Waals surface area (Å²) < 4.78 is 25.8. The Morgan fingerprint density at radius 1 is 1.48 bits per heavy atom. The van der Waals surface area contributed by atoms with Gasteiger partial charge in [0.05, 0.1) is 17.0 Å². The predicted octanol–water partition coefficient (Wildman–Crippen LogP) is 0.0318. The number of nitrogens with zero attached hydrogens (tertiary/aromatic N) is 3. The lowest BCUT2D eigenvalue weighted by Crippen LogP contribution is -2.49. The Labute approximate surface area is 140 Å². The van der Waals surface area contributed by atoms with Crippen molar-refractivity contribution in [2.75, 3.05) is 26.4 Å². The molecule has 23 heavy (non-hydrogen) atoms. The third-order valence-corrected chi connectivity index (χ3v) is 6.74. The van der Waals surface area contributed by atoms with Gasteiger partial charge in [0.25, 0.3) is 0 Å². The van der Waals surface area contributed by atoms with E-state index in [2.05, 4.69) is 15.2 Å². The van der Waals surface area contributed by atoms with Crippen LogP contribution in [-0.4, -0.2) is 67.0 Å². The number of fused-ring (bicyclic) bond motifs is 1. The van der Waals surface area contributed by atoms with E-state index in [4.69, 9.17) is 0 Å². The molecule has 7 nitrogen and oxygen atoms in total. The van der Waals surface area contributed by atoms with E-state index < -0.39 is 16.1 Å². The summed E-state index contributed by atoms with van der Waals surface area (Å²) in [6.07, 6.45) is 1.78. The van der Waals surface area contributed by atoms with Crippen molar-refractivity contribution in [1.29, 1.82) is 0 Å². The van der Waals surface area contributed by atoms with E-state index in [-0.39, 0.29) is 17.9 Å². The molecule has 1 amide bonds. The van der Waals surface area contributed by atoms with Crippen molar-refractivity contribution in [3.05, 3.63) is 16.1 Å². The van der Waals surface area contributed by atoms with E-state index in [0.29, 0.717) is 13.0 Å². The van der Waals surface area contributed by atoms with Crippen molar-refractivity contribution in [2.45, 2.75) is 32.0 Å². The highest BCUT2D eigenvalue weighted by atomic mass is 32.2. The number of hydrogen-bond acceptors (Lipinski definition) is 6. The Hall–Kier alpha value is -1.03. The molecule has 3 rings (SSSR count). The lowest BCUT2D eigenvalue weighted by Gasteiger charge is -2.27. The van der Waals surface area contributed by atoms with E-state index >= 15 is 0 Å². The summed E-state index contributed by atoms with van der Waals surface area (Å²) in [6.45, 7) is 4.17. The third-order valence-electron chi connectivity index (χ3n) is 4.63. The van der Waals surface area contributed by atoms with E-state index in [9.17, 15) is 13.2 Å². The number of likely N-dealkylation sites (N-methyl/N-ethyl adjacent to an activating group) is 1. The summed E-state index contributed by atoms with van der Waals surface area (Å²) in [4.78, 5) is 18.7. The van der Waals surface area contributed by atoms with Crippen molar-refractivity contribution in [3.63, 3.8) is 0 Å². The highest BCUT2D eigenvalue weighted by molar-refractivity contribution is 7.88. The van der Waals surface area contributed by atoms with Crippen LogP contribution in [0.25, 0.3) is 0 Å². The first-order valence-electron chi connectivity index (χ1n) is 7.63. The highest BCUT2D eigenvalue weighted by Gasteiger charge is 2.52. The maximum Gasteiger partial charge on any atom is 0.238 e. The zero-order valence-electron chi connectivity index (χ0n) is 13.5. The topological polar surface area (TPSA) is 82.6 Å². The Kier molecular flexibility index (Phi) is 4.47. The summed E-state index contributed by atoms with van der Waals surface area (Å²) in [5.41, 5.74) is 1.03. The molecule has 0 aliphatic carbocycles. The molecular formula is C14H22N4O3S2. The standard InChI is InChI=1S/C14H22N4O3S2/c1-9-16-11(8-22-9)6-17-5-10-4-12(14(19)15-2)18(13(10)7-17)23(3,20)21/h8,10,12-13H,4-7H2,1-3H3,(H,15,19)/t10-,12-,13+/m0/s1. The van der Waals surface area contributed by atoms with Gasteiger partial charge in [-0.15, -0.1) is 11.3 Å². The molecule has 1 aromatic rings. The van der Waals surface area contributed by atoms with E-state index in [1.165, 1.54) is 10.6 Å². The van der Waals surface area contributed by atoms with Crippen LogP contribution in [-0.2, 0) is 21.4 Å². The van der Waals surface area contributed by atoms with Gasteiger partial charge in [0.1, 0.15) is 6.04 Å². The summed E-state index contributed by atoms with van der Waals surface area (Å²) in [7, 11) is -1.87. The number of hydrogen-bond donors (Lipinski definition) is 1. The minimum absolute atomic E-state index is 0.118. The molecule has 0 unspecified atom stereocenters. The van der Waals surface area contributed by atoms with Crippen molar-refractivity contribution in [2.24, 2.45) is 5.92 Å². The predicted molar refractivity (Wildman–Crippen MR) is 88.6 cm³/mol. The molecule has 2 aliphatic rings. The normalized spacial score (nSPS) is 28.9. The van der Waals surface area contributed by atoms with Gasteiger partial charge in [-0.3, -0.25) is 9.69 Å². The van der Waals surface area contributed by atoms with Crippen LogP contribution >= 0.6 is 11.3 Å². The maximum absolute atomic E-state index is 12.2. The second-order valence-corrected chi connectivity index (χ2v) is 9.29. The van der Waals surface area contributed by atoms with Crippen molar-refractivity contribution in [3.8, 4) is 0 Å². The van der Waals surface area contributed by atoms with Crippen LogP contribution in [0.2, 0.25) is 0 Å². The minimum Gasteiger partial charge on any atom is -0.358 e. The van der Waals surface area contributed by atoms with Crippen LogP contribution in [0, 0.1) is 12.8 Å². The van der Waals surface area contributed by atoms with Gasteiger partial charge < -0.3 is 5.32 Å².